The Morgan fingerprint density at radius 2 is 1.75 bits per heavy atom. The summed E-state index contributed by atoms with van der Waals surface area (Å²) >= 11 is 0. The van der Waals surface area contributed by atoms with Crippen molar-refractivity contribution in [2.45, 2.75) is 18.2 Å². The van der Waals surface area contributed by atoms with Gasteiger partial charge in [0.25, 0.3) is 10.0 Å². The first-order valence-electron chi connectivity index (χ1n) is 10.2. The zero-order valence-electron chi connectivity index (χ0n) is 17.9. The van der Waals surface area contributed by atoms with Gasteiger partial charge in [-0.2, -0.15) is 0 Å². The van der Waals surface area contributed by atoms with E-state index in [1.54, 1.807) is 60.7 Å². The van der Waals surface area contributed by atoms with E-state index in [4.69, 9.17) is 4.74 Å². The molecule has 0 aliphatic rings. The van der Waals surface area contributed by atoms with Crippen molar-refractivity contribution in [1.82, 2.24) is 0 Å². The second-order valence-electron chi connectivity index (χ2n) is 6.98. The molecule has 0 radical (unpaired) electrons. The lowest BCUT2D eigenvalue weighted by atomic mass is 10.1. The Balaban J connectivity index is 1.91. The highest BCUT2D eigenvalue weighted by Crippen LogP contribution is 2.27. The Kier molecular flexibility index (Phi) is 7.68. The van der Waals surface area contributed by atoms with E-state index in [1.807, 2.05) is 19.1 Å². The number of amides is 1. The standard InChI is InChI=1S/C25H26N2O4S/c1-3-17-31-22-13-10-12-21(18-22)26-25(28)19-27(24-16-9-8-11-20(24)4-2)32(29,30)23-14-6-5-7-15-23/h3,5-16,18H,1,4,17,19H2,2H3,(H,26,28). The number of para-hydroxylation sites is 1. The number of carbonyl (C=O) groups excluding carboxylic acids is 1. The summed E-state index contributed by atoms with van der Waals surface area (Å²) in [6.45, 7) is 5.53. The van der Waals surface area contributed by atoms with Crippen LogP contribution in [0.5, 0.6) is 5.75 Å². The summed E-state index contributed by atoms with van der Waals surface area (Å²) in [6, 6.07) is 22.2. The number of rotatable bonds is 10. The number of ether oxygens (including phenoxy) is 1. The van der Waals surface area contributed by atoms with Gasteiger partial charge in [-0.15, -0.1) is 0 Å². The van der Waals surface area contributed by atoms with Crippen LogP contribution >= 0.6 is 0 Å². The van der Waals surface area contributed by atoms with Gasteiger partial charge in [-0.1, -0.05) is 62.0 Å². The molecule has 0 heterocycles. The molecule has 0 aromatic heterocycles. The number of hydrogen-bond donors (Lipinski definition) is 1. The summed E-state index contributed by atoms with van der Waals surface area (Å²) in [5.41, 5.74) is 1.83. The van der Waals surface area contributed by atoms with Gasteiger partial charge in [-0.3, -0.25) is 9.10 Å². The predicted molar refractivity (Wildman–Crippen MR) is 128 cm³/mol. The maximum Gasteiger partial charge on any atom is 0.264 e. The zero-order valence-corrected chi connectivity index (χ0v) is 18.7. The average Bonchev–Trinajstić information content (AvgIpc) is 2.82. The summed E-state index contributed by atoms with van der Waals surface area (Å²) < 4.78 is 33.6. The lowest BCUT2D eigenvalue weighted by molar-refractivity contribution is -0.114. The van der Waals surface area contributed by atoms with Gasteiger partial charge < -0.3 is 10.1 Å². The van der Waals surface area contributed by atoms with Crippen molar-refractivity contribution in [2.75, 3.05) is 22.8 Å². The van der Waals surface area contributed by atoms with E-state index in [1.165, 1.54) is 12.1 Å². The molecule has 0 fully saturated rings. The quantitative estimate of drug-likeness (QED) is 0.456. The van der Waals surface area contributed by atoms with Crippen LogP contribution in [-0.2, 0) is 21.2 Å². The van der Waals surface area contributed by atoms with Crippen molar-refractivity contribution >= 4 is 27.3 Å². The number of aryl methyl sites for hydroxylation is 1. The maximum atomic E-state index is 13.5. The first kappa shape index (κ1) is 23.1. The van der Waals surface area contributed by atoms with Gasteiger partial charge in [-0.25, -0.2) is 8.42 Å². The molecular weight excluding hydrogens is 424 g/mol. The van der Waals surface area contributed by atoms with Gasteiger partial charge in [0.05, 0.1) is 10.6 Å². The number of sulfonamides is 1. The molecule has 32 heavy (non-hydrogen) atoms. The molecule has 0 aliphatic carbocycles. The minimum absolute atomic E-state index is 0.124. The van der Waals surface area contributed by atoms with Crippen molar-refractivity contribution in [3.8, 4) is 5.75 Å². The third kappa shape index (κ3) is 5.56. The van der Waals surface area contributed by atoms with Crippen LogP contribution in [0.15, 0.2) is 96.4 Å². The fourth-order valence-corrected chi connectivity index (χ4v) is 4.70. The summed E-state index contributed by atoms with van der Waals surface area (Å²) in [4.78, 5) is 13.0. The van der Waals surface area contributed by atoms with Crippen LogP contribution in [0, 0.1) is 0 Å². The molecule has 0 unspecified atom stereocenters. The molecule has 0 aliphatic heterocycles. The van der Waals surface area contributed by atoms with E-state index >= 15 is 0 Å². The van der Waals surface area contributed by atoms with E-state index in [0.29, 0.717) is 30.2 Å². The number of carbonyl (C=O) groups is 1. The van der Waals surface area contributed by atoms with Gasteiger partial charge in [0.2, 0.25) is 5.91 Å². The lowest BCUT2D eigenvalue weighted by Gasteiger charge is -2.26. The largest absolute Gasteiger partial charge is 0.489 e. The third-order valence-electron chi connectivity index (χ3n) is 4.75. The second-order valence-corrected chi connectivity index (χ2v) is 8.84. The van der Waals surface area contributed by atoms with E-state index in [2.05, 4.69) is 11.9 Å². The molecule has 0 saturated carbocycles. The fraction of sp³-hybridized carbons (Fsp3) is 0.160. The molecule has 0 bridgehead atoms. The minimum atomic E-state index is -3.96. The van der Waals surface area contributed by atoms with Crippen LogP contribution < -0.4 is 14.4 Å². The van der Waals surface area contributed by atoms with Gasteiger partial charge in [-0.05, 0) is 42.3 Å². The number of nitrogens with zero attached hydrogens (tertiary/aromatic N) is 1. The van der Waals surface area contributed by atoms with Crippen molar-refractivity contribution < 1.29 is 17.9 Å². The van der Waals surface area contributed by atoms with Crippen LogP contribution in [0.2, 0.25) is 0 Å². The highest BCUT2D eigenvalue weighted by Gasteiger charge is 2.28. The van der Waals surface area contributed by atoms with Crippen LogP contribution in [0.1, 0.15) is 12.5 Å². The number of anilines is 2. The average molecular weight is 451 g/mol. The highest BCUT2D eigenvalue weighted by molar-refractivity contribution is 7.92. The normalized spacial score (nSPS) is 10.9. The van der Waals surface area contributed by atoms with E-state index in [0.717, 1.165) is 9.87 Å². The maximum absolute atomic E-state index is 13.5. The molecule has 3 aromatic carbocycles. The lowest BCUT2D eigenvalue weighted by Crippen LogP contribution is -2.38. The van der Waals surface area contributed by atoms with E-state index < -0.39 is 15.9 Å². The molecule has 3 rings (SSSR count). The first-order valence-corrected chi connectivity index (χ1v) is 11.7. The summed E-state index contributed by atoms with van der Waals surface area (Å²) in [6.07, 6.45) is 2.25. The smallest absolute Gasteiger partial charge is 0.264 e. The SMILES string of the molecule is C=CCOc1cccc(NC(=O)CN(c2ccccc2CC)S(=O)(=O)c2ccccc2)c1. The molecule has 1 amide bonds. The molecular formula is C25H26N2O4S. The van der Waals surface area contributed by atoms with Crippen LogP contribution in [-0.4, -0.2) is 27.5 Å². The topological polar surface area (TPSA) is 75.7 Å². The minimum Gasteiger partial charge on any atom is -0.489 e. The Morgan fingerprint density at radius 1 is 1.03 bits per heavy atom. The summed E-state index contributed by atoms with van der Waals surface area (Å²) in [5, 5.41) is 2.77. The first-order chi connectivity index (χ1) is 15.5. The van der Waals surface area contributed by atoms with Crippen molar-refractivity contribution in [1.29, 1.82) is 0 Å². The predicted octanol–water partition coefficient (Wildman–Crippen LogP) is 4.65. The Hall–Kier alpha value is -3.58. The van der Waals surface area contributed by atoms with Crippen LogP contribution in [0.3, 0.4) is 0 Å². The summed E-state index contributed by atoms with van der Waals surface area (Å²) in [5.74, 6) is 0.115. The Labute approximate surface area is 189 Å². The highest BCUT2D eigenvalue weighted by atomic mass is 32.2. The Bertz CT molecular complexity index is 1180. The second kappa shape index (κ2) is 10.6. The van der Waals surface area contributed by atoms with Gasteiger partial charge in [0.15, 0.2) is 0 Å². The third-order valence-corrected chi connectivity index (χ3v) is 6.52. The molecule has 0 saturated heterocycles. The molecule has 6 nitrogen and oxygen atoms in total. The molecule has 0 spiro atoms. The monoisotopic (exact) mass is 450 g/mol. The molecule has 3 aromatic rings. The van der Waals surface area contributed by atoms with Gasteiger partial charge in [0.1, 0.15) is 18.9 Å². The number of benzene rings is 3. The molecule has 7 heteroatoms. The van der Waals surface area contributed by atoms with Crippen molar-refractivity contribution in [2.24, 2.45) is 0 Å². The van der Waals surface area contributed by atoms with Crippen molar-refractivity contribution in [3.05, 3.63) is 97.1 Å². The van der Waals surface area contributed by atoms with E-state index in [9.17, 15) is 13.2 Å². The van der Waals surface area contributed by atoms with Crippen LogP contribution in [0.4, 0.5) is 11.4 Å². The number of nitrogens with one attached hydrogen (secondary N) is 1. The van der Waals surface area contributed by atoms with Gasteiger partial charge in [0, 0.05) is 11.8 Å². The number of hydrogen-bond acceptors (Lipinski definition) is 4. The fourth-order valence-electron chi connectivity index (χ4n) is 3.22. The van der Waals surface area contributed by atoms with Gasteiger partial charge >= 0.3 is 0 Å². The van der Waals surface area contributed by atoms with Crippen molar-refractivity contribution in [3.63, 3.8) is 0 Å². The molecule has 0 atom stereocenters. The van der Waals surface area contributed by atoms with E-state index in [-0.39, 0.29) is 11.4 Å². The molecule has 1 N–H and O–H groups in total. The zero-order chi connectivity index (χ0) is 23.0. The summed E-state index contributed by atoms with van der Waals surface area (Å²) in [7, 11) is -3.96. The van der Waals surface area contributed by atoms with Crippen LogP contribution in [0.25, 0.3) is 0 Å². The Morgan fingerprint density at radius 3 is 2.47 bits per heavy atom. The molecule has 166 valence electrons.